The molecule has 0 radical (unpaired) electrons. The van der Waals surface area contributed by atoms with Gasteiger partial charge in [0.25, 0.3) is 0 Å². The van der Waals surface area contributed by atoms with Gasteiger partial charge in [0.05, 0.1) is 15.2 Å². The lowest BCUT2D eigenvalue weighted by molar-refractivity contribution is -0.121. The second kappa shape index (κ2) is 7.88. The van der Waals surface area contributed by atoms with Gasteiger partial charge in [0.15, 0.2) is 0 Å². The number of rotatable bonds is 7. The summed E-state index contributed by atoms with van der Waals surface area (Å²) < 4.78 is 1.24. The van der Waals surface area contributed by atoms with Crippen LogP contribution in [0.5, 0.6) is 0 Å². The van der Waals surface area contributed by atoms with Crippen molar-refractivity contribution >= 4 is 27.5 Å². The fraction of sp³-hybridized carbons (Fsp3) is 0.263. The first-order valence-corrected chi connectivity index (χ1v) is 8.78. The first-order chi connectivity index (χ1) is 11.3. The van der Waals surface area contributed by atoms with Crippen LogP contribution < -0.4 is 5.32 Å². The minimum atomic E-state index is 0.123. The van der Waals surface area contributed by atoms with Crippen molar-refractivity contribution in [3.05, 3.63) is 65.2 Å². The zero-order valence-electron chi connectivity index (χ0n) is 13.0. The number of benzene rings is 2. The predicted octanol–water partition coefficient (Wildman–Crippen LogP) is 4.33. The van der Waals surface area contributed by atoms with Crippen LogP contribution in [0.15, 0.2) is 54.6 Å². The van der Waals surface area contributed by atoms with E-state index in [1.54, 1.807) is 11.3 Å². The maximum absolute atomic E-state index is 11.8. The van der Waals surface area contributed by atoms with Crippen LogP contribution in [0.2, 0.25) is 0 Å². The number of aryl methyl sites for hydroxylation is 1. The minimum Gasteiger partial charge on any atom is -0.352 e. The van der Waals surface area contributed by atoms with Crippen LogP contribution in [0.25, 0.3) is 10.2 Å². The summed E-state index contributed by atoms with van der Waals surface area (Å²) in [6, 6.07) is 18.2. The van der Waals surface area contributed by atoms with E-state index in [1.165, 1.54) is 4.70 Å². The first kappa shape index (κ1) is 15.7. The number of nitrogens with zero attached hydrogens (tertiary/aromatic N) is 1. The molecule has 0 aliphatic rings. The molecule has 0 aliphatic heterocycles. The number of hydrogen-bond acceptors (Lipinski definition) is 3. The molecule has 4 heteroatoms. The molecule has 118 valence electrons. The van der Waals surface area contributed by atoms with Gasteiger partial charge in [0.2, 0.25) is 5.91 Å². The molecular weight excluding hydrogens is 304 g/mol. The highest BCUT2D eigenvalue weighted by Crippen LogP contribution is 2.22. The minimum absolute atomic E-state index is 0.123. The Morgan fingerprint density at radius 1 is 1.00 bits per heavy atom. The normalized spacial score (nSPS) is 10.8. The van der Waals surface area contributed by atoms with E-state index >= 15 is 0 Å². The number of hydrogen-bond donors (Lipinski definition) is 1. The molecule has 0 saturated carbocycles. The molecule has 3 rings (SSSR count). The van der Waals surface area contributed by atoms with Gasteiger partial charge in [0.1, 0.15) is 0 Å². The van der Waals surface area contributed by atoms with Crippen LogP contribution in [0.1, 0.15) is 29.8 Å². The molecule has 0 atom stereocenters. The number of carbonyl (C=O) groups is 1. The number of unbranched alkanes of at least 4 members (excludes halogenated alkanes) is 1. The average molecular weight is 324 g/mol. The molecule has 1 amide bonds. The summed E-state index contributed by atoms with van der Waals surface area (Å²) >= 11 is 1.75. The predicted molar refractivity (Wildman–Crippen MR) is 95.5 cm³/mol. The van der Waals surface area contributed by atoms with Gasteiger partial charge in [-0.25, -0.2) is 4.98 Å². The van der Waals surface area contributed by atoms with Gasteiger partial charge in [-0.3, -0.25) is 4.79 Å². The Balaban J connectivity index is 1.37. The maximum Gasteiger partial charge on any atom is 0.220 e. The molecule has 2 aromatic carbocycles. The molecule has 0 saturated heterocycles. The topological polar surface area (TPSA) is 42.0 Å². The number of para-hydroxylation sites is 1. The molecule has 3 aromatic rings. The highest BCUT2D eigenvalue weighted by Gasteiger charge is 2.05. The smallest absolute Gasteiger partial charge is 0.220 e. The third kappa shape index (κ3) is 4.63. The molecule has 1 heterocycles. The number of nitrogens with one attached hydrogen (secondary N) is 1. The van der Waals surface area contributed by atoms with E-state index < -0.39 is 0 Å². The van der Waals surface area contributed by atoms with Gasteiger partial charge >= 0.3 is 0 Å². The molecule has 1 N–H and O–H groups in total. The lowest BCUT2D eigenvalue weighted by atomic mass is 10.2. The van der Waals surface area contributed by atoms with Gasteiger partial charge in [-0.05, 0) is 37.0 Å². The fourth-order valence-corrected chi connectivity index (χ4v) is 3.48. The molecule has 0 fully saturated rings. The summed E-state index contributed by atoms with van der Waals surface area (Å²) in [7, 11) is 0. The zero-order valence-corrected chi connectivity index (χ0v) is 13.8. The molecule has 0 spiro atoms. The lowest BCUT2D eigenvalue weighted by Crippen LogP contribution is -2.22. The Kier molecular flexibility index (Phi) is 5.37. The van der Waals surface area contributed by atoms with E-state index in [1.807, 2.05) is 48.5 Å². The van der Waals surface area contributed by atoms with Gasteiger partial charge in [-0.2, -0.15) is 0 Å². The van der Waals surface area contributed by atoms with Gasteiger partial charge in [-0.15, -0.1) is 11.3 Å². The quantitative estimate of drug-likeness (QED) is 0.657. The Morgan fingerprint density at radius 3 is 2.61 bits per heavy atom. The second-order valence-corrected chi connectivity index (χ2v) is 6.66. The summed E-state index contributed by atoms with van der Waals surface area (Å²) in [6.45, 7) is 0.609. The monoisotopic (exact) mass is 324 g/mol. The standard InChI is InChI=1S/C19H20N2OS/c22-18(20-14-15-8-2-1-3-9-15)12-6-7-13-19-21-16-10-4-5-11-17(16)23-19/h1-5,8-11H,6-7,12-14H2,(H,20,22). The third-order valence-electron chi connectivity index (χ3n) is 3.72. The number of fused-ring (bicyclic) bond motifs is 1. The molecule has 0 unspecified atom stereocenters. The molecule has 3 nitrogen and oxygen atoms in total. The summed E-state index contributed by atoms with van der Waals surface area (Å²) in [5.41, 5.74) is 2.21. The fourth-order valence-electron chi connectivity index (χ4n) is 2.47. The number of aromatic nitrogens is 1. The van der Waals surface area contributed by atoms with Gasteiger partial charge in [0, 0.05) is 13.0 Å². The van der Waals surface area contributed by atoms with Gasteiger partial charge < -0.3 is 5.32 Å². The number of thiazole rings is 1. The van der Waals surface area contributed by atoms with Crippen molar-refractivity contribution < 1.29 is 4.79 Å². The highest BCUT2D eigenvalue weighted by atomic mass is 32.1. The maximum atomic E-state index is 11.8. The van der Waals surface area contributed by atoms with E-state index in [-0.39, 0.29) is 5.91 Å². The number of amides is 1. The molecule has 0 aliphatic carbocycles. The van der Waals surface area contributed by atoms with Crippen LogP contribution in [0.4, 0.5) is 0 Å². The van der Waals surface area contributed by atoms with E-state index in [0.29, 0.717) is 13.0 Å². The zero-order chi connectivity index (χ0) is 15.9. The van der Waals surface area contributed by atoms with Crippen molar-refractivity contribution in [1.29, 1.82) is 0 Å². The van der Waals surface area contributed by atoms with Crippen molar-refractivity contribution in [2.45, 2.75) is 32.2 Å². The largest absolute Gasteiger partial charge is 0.352 e. The van der Waals surface area contributed by atoms with Crippen molar-refractivity contribution in [2.75, 3.05) is 0 Å². The van der Waals surface area contributed by atoms with E-state index in [0.717, 1.165) is 35.4 Å². The summed E-state index contributed by atoms with van der Waals surface area (Å²) in [5, 5.41) is 4.13. The SMILES string of the molecule is O=C(CCCCc1nc2ccccc2s1)NCc1ccccc1. The lowest BCUT2D eigenvalue weighted by Gasteiger charge is -2.04. The second-order valence-electron chi connectivity index (χ2n) is 5.54. The summed E-state index contributed by atoms with van der Waals surface area (Å²) in [4.78, 5) is 16.5. The van der Waals surface area contributed by atoms with Crippen molar-refractivity contribution in [3.8, 4) is 0 Å². The highest BCUT2D eigenvalue weighted by molar-refractivity contribution is 7.18. The van der Waals surface area contributed by atoms with Crippen LogP contribution in [0, 0.1) is 0 Å². The van der Waals surface area contributed by atoms with E-state index in [4.69, 9.17) is 0 Å². The molecular formula is C19H20N2OS. The Bertz CT molecular complexity index is 734. The Hall–Kier alpha value is -2.20. The van der Waals surface area contributed by atoms with E-state index in [9.17, 15) is 4.79 Å². The van der Waals surface area contributed by atoms with Crippen molar-refractivity contribution in [2.24, 2.45) is 0 Å². The summed E-state index contributed by atoms with van der Waals surface area (Å²) in [6.07, 6.45) is 3.43. The Morgan fingerprint density at radius 2 is 1.78 bits per heavy atom. The van der Waals surface area contributed by atoms with Crippen molar-refractivity contribution in [3.63, 3.8) is 0 Å². The average Bonchev–Trinajstić information content (AvgIpc) is 3.00. The number of carbonyl (C=O) groups excluding carboxylic acids is 1. The van der Waals surface area contributed by atoms with Crippen LogP contribution in [-0.4, -0.2) is 10.9 Å². The van der Waals surface area contributed by atoms with Crippen LogP contribution in [0.3, 0.4) is 0 Å². The first-order valence-electron chi connectivity index (χ1n) is 7.96. The van der Waals surface area contributed by atoms with Crippen LogP contribution >= 0.6 is 11.3 Å². The van der Waals surface area contributed by atoms with Gasteiger partial charge in [-0.1, -0.05) is 42.5 Å². The third-order valence-corrected chi connectivity index (χ3v) is 4.81. The molecule has 1 aromatic heterocycles. The molecule has 23 heavy (non-hydrogen) atoms. The van der Waals surface area contributed by atoms with E-state index in [2.05, 4.69) is 16.4 Å². The van der Waals surface area contributed by atoms with Crippen LogP contribution in [-0.2, 0) is 17.8 Å². The Labute approximate surface area is 140 Å². The summed E-state index contributed by atoms with van der Waals surface area (Å²) in [5.74, 6) is 0.123. The molecule has 0 bridgehead atoms. The van der Waals surface area contributed by atoms with Crippen molar-refractivity contribution in [1.82, 2.24) is 10.3 Å².